The summed E-state index contributed by atoms with van der Waals surface area (Å²) in [6.07, 6.45) is 5.24. The number of hydrogen-bond donors (Lipinski definition) is 2. The first-order valence-corrected chi connectivity index (χ1v) is 9.19. The summed E-state index contributed by atoms with van der Waals surface area (Å²) in [5.41, 5.74) is 2.81. The van der Waals surface area contributed by atoms with Crippen LogP contribution in [0.5, 0.6) is 0 Å². The van der Waals surface area contributed by atoms with Gasteiger partial charge in [-0.3, -0.25) is 15.0 Å². The highest BCUT2D eigenvalue weighted by molar-refractivity contribution is 6.09. The highest BCUT2D eigenvalue weighted by atomic mass is 19.1. The first-order valence-electron chi connectivity index (χ1n) is 9.19. The molecule has 146 valence electrons. The van der Waals surface area contributed by atoms with Gasteiger partial charge >= 0.3 is 6.03 Å². The second-order valence-corrected chi connectivity index (χ2v) is 7.19. The van der Waals surface area contributed by atoms with E-state index in [9.17, 15) is 18.8 Å². The van der Waals surface area contributed by atoms with Gasteiger partial charge in [0.1, 0.15) is 11.4 Å². The van der Waals surface area contributed by atoms with Crippen molar-refractivity contribution in [2.24, 2.45) is 0 Å². The molecule has 1 saturated heterocycles. The molecule has 1 aliphatic heterocycles. The van der Waals surface area contributed by atoms with Gasteiger partial charge in [-0.15, -0.1) is 0 Å². The summed E-state index contributed by atoms with van der Waals surface area (Å²) < 4.78 is 14.6. The number of carbonyl (C=O) groups is 3. The average molecular weight is 385 g/mol. The van der Waals surface area contributed by atoms with E-state index in [1.807, 2.05) is 0 Å². The van der Waals surface area contributed by atoms with Crippen LogP contribution < -0.4 is 10.7 Å². The second kappa shape index (κ2) is 6.74. The molecule has 0 atom stereocenters. The Balaban J connectivity index is 1.53. The number of halogens is 1. The fraction of sp³-hybridized carbons (Fsp3) is 0.368. The molecule has 0 radical (unpaired) electrons. The molecular formula is C19H20FN5O3. The topological polar surface area (TPSA) is 96.3 Å². The smallest absolute Gasteiger partial charge is 0.322 e. The second-order valence-electron chi connectivity index (χ2n) is 7.19. The van der Waals surface area contributed by atoms with Crippen LogP contribution in [0.3, 0.4) is 0 Å². The Kier molecular flexibility index (Phi) is 4.37. The molecule has 4 rings (SSSR count). The van der Waals surface area contributed by atoms with Gasteiger partial charge < -0.3 is 5.32 Å². The van der Waals surface area contributed by atoms with Crippen LogP contribution in [0.15, 0.2) is 30.5 Å². The number of hydrogen-bond acceptors (Lipinski definition) is 4. The summed E-state index contributed by atoms with van der Waals surface area (Å²) in [7, 11) is 0. The molecule has 1 spiro atoms. The molecule has 9 heteroatoms. The van der Waals surface area contributed by atoms with Crippen LogP contribution in [-0.2, 0) is 4.79 Å². The summed E-state index contributed by atoms with van der Waals surface area (Å²) in [6.45, 7) is 1.68. The molecule has 8 nitrogen and oxygen atoms in total. The van der Waals surface area contributed by atoms with Gasteiger partial charge in [-0.1, -0.05) is 19.3 Å². The van der Waals surface area contributed by atoms with E-state index in [0.29, 0.717) is 24.2 Å². The zero-order valence-electron chi connectivity index (χ0n) is 15.4. The molecule has 2 aliphatic rings. The van der Waals surface area contributed by atoms with Gasteiger partial charge in [-0.25, -0.2) is 13.9 Å². The number of hydrazine groups is 1. The molecule has 1 aliphatic carbocycles. The number of aromatic nitrogens is 2. The number of carbonyl (C=O) groups excluding carboxylic acids is 3. The Morgan fingerprint density at radius 3 is 2.54 bits per heavy atom. The Hall–Kier alpha value is -3.23. The minimum Gasteiger partial charge on any atom is -0.322 e. The molecule has 0 unspecified atom stereocenters. The van der Waals surface area contributed by atoms with E-state index in [1.165, 1.54) is 23.0 Å². The summed E-state index contributed by atoms with van der Waals surface area (Å²) in [5, 5.41) is 7.67. The first-order chi connectivity index (χ1) is 13.4. The van der Waals surface area contributed by atoms with Crippen LogP contribution in [-0.4, -0.2) is 38.2 Å². The van der Waals surface area contributed by atoms with Gasteiger partial charge in [0.15, 0.2) is 0 Å². The van der Waals surface area contributed by atoms with Crippen molar-refractivity contribution in [3.8, 4) is 5.69 Å². The van der Waals surface area contributed by atoms with Crippen LogP contribution >= 0.6 is 0 Å². The Morgan fingerprint density at radius 2 is 1.86 bits per heavy atom. The van der Waals surface area contributed by atoms with Gasteiger partial charge in [0.2, 0.25) is 0 Å². The summed E-state index contributed by atoms with van der Waals surface area (Å²) >= 11 is 0. The van der Waals surface area contributed by atoms with Crippen molar-refractivity contribution in [2.75, 3.05) is 0 Å². The molecule has 1 aromatic carbocycles. The molecule has 28 heavy (non-hydrogen) atoms. The maximum absolute atomic E-state index is 13.1. The zero-order valence-corrected chi connectivity index (χ0v) is 15.4. The number of urea groups is 1. The highest BCUT2D eigenvalue weighted by Crippen LogP contribution is 2.33. The van der Waals surface area contributed by atoms with Crippen molar-refractivity contribution in [3.63, 3.8) is 0 Å². The number of benzene rings is 1. The lowest BCUT2D eigenvalue weighted by atomic mass is 9.82. The molecule has 4 amide bonds. The van der Waals surface area contributed by atoms with E-state index >= 15 is 0 Å². The molecular weight excluding hydrogens is 365 g/mol. The third kappa shape index (κ3) is 2.92. The lowest BCUT2D eigenvalue weighted by Crippen LogP contribution is -2.51. The van der Waals surface area contributed by atoms with E-state index < -0.39 is 23.4 Å². The molecule has 2 N–H and O–H groups in total. The first kappa shape index (κ1) is 18.1. The van der Waals surface area contributed by atoms with Crippen LogP contribution in [0.1, 0.15) is 48.2 Å². The largest absolute Gasteiger partial charge is 0.344 e. The SMILES string of the molecule is Cc1c(C(=O)NN2C(=O)NC3(CCCCC3)C2=O)cnn1-c1ccc(F)cc1. The number of amides is 4. The minimum atomic E-state index is -0.907. The third-order valence-corrected chi connectivity index (χ3v) is 5.41. The van der Waals surface area contributed by atoms with Gasteiger partial charge in [-0.05, 0) is 44.0 Å². The van der Waals surface area contributed by atoms with E-state index in [-0.39, 0.29) is 11.4 Å². The van der Waals surface area contributed by atoms with E-state index in [2.05, 4.69) is 15.8 Å². The highest BCUT2D eigenvalue weighted by Gasteiger charge is 2.52. The van der Waals surface area contributed by atoms with Crippen molar-refractivity contribution < 1.29 is 18.8 Å². The maximum Gasteiger partial charge on any atom is 0.344 e. The standard InChI is InChI=1S/C19H20FN5O3/c1-12-15(11-21-24(12)14-7-5-13(20)6-8-14)16(26)23-25-17(27)19(22-18(25)28)9-3-2-4-10-19/h5-8,11H,2-4,9-10H2,1H3,(H,22,28)(H,23,26). The summed E-state index contributed by atoms with van der Waals surface area (Å²) in [4.78, 5) is 37.8. The van der Waals surface area contributed by atoms with Crippen molar-refractivity contribution in [3.05, 3.63) is 47.5 Å². The Morgan fingerprint density at radius 1 is 1.18 bits per heavy atom. The van der Waals surface area contributed by atoms with Crippen molar-refractivity contribution in [1.29, 1.82) is 0 Å². The molecule has 0 bridgehead atoms. The normalized spacial score (nSPS) is 18.4. The number of nitrogens with one attached hydrogen (secondary N) is 2. The average Bonchev–Trinajstić information content (AvgIpc) is 3.17. The Labute approximate surface area is 160 Å². The number of nitrogens with zero attached hydrogens (tertiary/aromatic N) is 3. The number of imide groups is 1. The van der Waals surface area contributed by atoms with Gasteiger partial charge in [0.05, 0.1) is 23.1 Å². The predicted octanol–water partition coefficient (Wildman–Crippen LogP) is 2.22. The molecule has 2 fully saturated rings. The van der Waals surface area contributed by atoms with Crippen LogP contribution in [0, 0.1) is 12.7 Å². The summed E-state index contributed by atoms with van der Waals surface area (Å²) in [5.74, 6) is -1.40. The van der Waals surface area contributed by atoms with Gasteiger partial charge in [0.25, 0.3) is 11.8 Å². The zero-order chi connectivity index (χ0) is 19.9. The Bertz CT molecular complexity index is 947. The quantitative estimate of drug-likeness (QED) is 0.792. The fourth-order valence-electron chi connectivity index (χ4n) is 3.85. The molecule has 1 saturated carbocycles. The third-order valence-electron chi connectivity index (χ3n) is 5.41. The van der Waals surface area contributed by atoms with E-state index in [0.717, 1.165) is 24.3 Å². The lowest BCUT2D eigenvalue weighted by molar-refractivity contribution is -0.134. The van der Waals surface area contributed by atoms with Crippen molar-refractivity contribution in [2.45, 2.75) is 44.6 Å². The predicted molar refractivity (Wildman–Crippen MR) is 96.9 cm³/mol. The van der Waals surface area contributed by atoms with Gasteiger partial charge in [0, 0.05) is 0 Å². The van der Waals surface area contributed by atoms with Crippen molar-refractivity contribution in [1.82, 2.24) is 25.5 Å². The van der Waals surface area contributed by atoms with Gasteiger partial charge in [-0.2, -0.15) is 10.1 Å². The van der Waals surface area contributed by atoms with Crippen LogP contribution in [0.4, 0.5) is 9.18 Å². The maximum atomic E-state index is 13.1. The molecule has 2 aromatic rings. The molecule has 2 heterocycles. The number of rotatable bonds is 3. The van der Waals surface area contributed by atoms with Crippen LogP contribution in [0.25, 0.3) is 5.69 Å². The minimum absolute atomic E-state index is 0.217. The fourth-order valence-corrected chi connectivity index (χ4v) is 3.85. The summed E-state index contributed by atoms with van der Waals surface area (Å²) in [6, 6.07) is 5.06. The van der Waals surface area contributed by atoms with E-state index in [4.69, 9.17) is 0 Å². The lowest BCUT2D eigenvalue weighted by Gasteiger charge is -2.30. The molecule has 1 aromatic heterocycles. The monoisotopic (exact) mass is 385 g/mol. The van der Waals surface area contributed by atoms with Crippen molar-refractivity contribution >= 4 is 17.8 Å². The van der Waals surface area contributed by atoms with Crippen LogP contribution in [0.2, 0.25) is 0 Å². The van der Waals surface area contributed by atoms with E-state index in [1.54, 1.807) is 19.1 Å².